The molecule has 0 unspecified atom stereocenters. The van der Waals surface area contributed by atoms with Crippen molar-refractivity contribution in [3.8, 4) is 0 Å². The monoisotopic (exact) mass is 276 g/mol. The van der Waals surface area contributed by atoms with Gasteiger partial charge in [0.2, 0.25) is 5.91 Å². The molecule has 0 spiro atoms. The summed E-state index contributed by atoms with van der Waals surface area (Å²) in [6.45, 7) is 7.80. The first-order valence-electron chi connectivity index (χ1n) is 7.18. The molecule has 1 aliphatic heterocycles. The number of hydrogen-bond acceptors (Lipinski definition) is 3. The van der Waals surface area contributed by atoms with Crippen LogP contribution in [-0.4, -0.2) is 41.1 Å². The maximum Gasteiger partial charge on any atom is 0.238 e. The second-order valence-electron chi connectivity index (χ2n) is 6.14. The van der Waals surface area contributed by atoms with E-state index in [2.05, 4.69) is 10.2 Å². The van der Waals surface area contributed by atoms with E-state index < -0.39 is 5.60 Å². The molecule has 20 heavy (non-hydrogen) atoms. The van der Waals surface area contributed by atoms with Gasteiger partial charge in [-0.05, 0) is 50.8 Å². The Bertz CT molecular complexity index is 487. The van der Waals surface area contributed by atoms with Gasteiger partial charge in [-0.2, -0.15) is 0 Å². The maximum atomic E-state index is 12.1. The molecule has 0 bridgehead atoms. The summed E-state index contributed by atoms with van der Waals surface area (Å²) in [6, 6.07) is 6.05. The number of rotatable bonds is 3. The lowest BCUT2D eigenvalue weighted by atomic mass is 9.94. The van der Waals surface area contributed by atoms with Crippen LogP contribution < -0.4 is 5.32 Å². The highest BCUT2D eigenvalue weighted by molar-refractivity contribution is 5.93. The van der Waals surface area contributed by atoms with E-state index in [1.807, 2.05) is 39.0 Å². The lowest BCUT2D eigenvalue weighted by Crippen LogP contribution is -2.45. The minimum atomic E-state index is -0.569. The zero-order chi connectivity index (χ0) is 14.8. The fourth-order valence-electron chi connectivity index (χ4n) is 2.46. The molecule has 2 N–H and O–H groups in total. The van der Waals surface area contributed by atoms with Gasteiger partial charge < -0.3 is 10.4 Å². The summed E-state index contributed by atoms with van der Waals surface area (Å²) in [5.41, 5.74) is 2.53. The summed E-state index contributed by atoms with van der Waals surface area (Å²) in [4.78, 5) is 14.2. The molecule has 4 heteroatoms. The van der Waals surface area contributed by atoms with Gasteiger partial charge in [-0.3, -0.25) is 9.69 Å². The van der Waals surface area contributed by atoms with Crippen molar-refractivity contribution < 1.29 is 9.90 Å². The van der Waals surface area contributed by atoms with Crippen LogP contribution in [0.3, 0.4) is 0 Å². The molecule has 1 aromatic carbocycles. The normalized spacial score (nSPS) is 18.8. The fraction of sp³-hybridized carbons (Fsp3) is 0.562. The molecule has 0 aromatic heterocycles. The third-order valence-electron chi connectivity index (χ3n) is 3.97. The molecule has 1 aromatic rings. The van der Waals surface area contributed by atoms with Gasteiger partial charge in [0.15, 0.2) is 0 Å². The first-order chi connectivity index (χ1) is 9.35. The van der Waals surface area contributed by atoms with Crippen molar-refractivity contribution in [3.05, 3.63) is 29.3 Å². The lowest BCUT2D eigenvalue weighted by molar-refractivity contribution is -0.118. The topological polar surface area (TPSA) is 52.6 Å². The third kappa shape index (κ3) is 4.05. The summed E-state index contributed by atoms with van der Waals surface area (Å²) in [6.07, 6.45) is 1.45. The highest BCUT2D eigenvalue weighted by Crippen LogP contribution is 2.21. The zero-order valence-corrected chi connectivity index (χ0v) is 12.6. The SMILES string of the molecule is Cc1ccc(C)c(NC(=O)CN2CCC(C)(O)CC2)c1. The minimum Gasteiger partial charge on any atom is -0.390 e. The first kappa shape index (κ1) is 15.0. The summed E-state index contributed by atoms with van der Waals surface area (Å²) in [5.74, 6) is 0.0141. The quantitative estimate of drug-likeness (QED) is 0.889. The molecule has 0 saturated carbocycles. The number of likely N-dealkylation sites (tertiary alicyclic amines) is 1. The Labute approximate surface area is 120 Å². The van der Waals surface area contributed by atoms with E-state index in [4.69, 9.17) is 0 Å². The molecule has 1 heterocycles. The number of piperidine rings is 1. The predicted octanol–water partition coefficient (Wildman–Crippen LogP) is 2.09. The van der Waals surface area contributed by atoms with Crippen LogP contribution in [0.4, 0.5) is 5.69 Å². The smallest absolute Gasteiger partial charge is 0.238 e. The largest absolute Gasteiger partial charge is 0.390 e. The number of benzene rings is 1. The number of aliphatic hydroxyl groups is 1. The van der Waals surface area contributed by atoms with E-state index in [-0.39, 0.29) is 5.91 Å². The van der Waals surface area contributed by atoms with Gasteiger partial charge >= 0.3 is 0 Å². The molecule has 0 radical (unpaired) electrons. The molecule has 1 amide bonds. The van der Waals surface area contributed by atoms with Crippen LogP contribution in [-0.2, 0) is 4.79 Å². The van der Waals surface area contributed by atoms with Gasteiger partial charge in [0, 0.05) is 18.8 Å². The average molecular weight is 276 g/mol. The van der Waals surface area contributed by atoms with Crippen molar-refractivity contribution in [3.63, 3.8) is 0 Å². The van der Waals surface area contributed by atoms with Crippen molar-refractivity contribution in [1.29, 1.82) is 0 Å². The van der Waals surface area contributed by atoms with Crippen LogP contribution in [0.2, 0.25) is 0 Å². The van der Waals surface area contributed by atoms with Gasteiger partial charge in [-0.25, -0.2) is 0 Å². The lowest BCUT2D eigenvalue weighted by Gasteiger charge is -2.35. The van der Waals surface area contributed by atoms with Gasteiger partial charge in [-0.1, -0.05) is 12.1 Å². The third-order valence-corrected chi connectivity index (χ3v) is 3.97. The highest BCUT2D eigenvalue weighted by atomic mass is 16.3. The van der Waals surface area contributed by atoms with Crippen molar-refractivity contribution in [1.82, 2.24) is 4.90 Å². The van der Waals surface area contributed by atoms with Crippen molar-refractivity contribution >= 4 is 11.6 Å². The summed E-state index contributed by atoms with van der Waals surface area (Å²) < 4.78 is 0. The van der Waals surface area contributed by atoms with E-state index in [1.54, 1.807) is 0 Å². The Morgan fingerprint density at radius 2 is 2.00 bits per heavy atom. The van der Waals surface area contributed by atoms with Crippen molar-refractivity contribution in [2.45, 2.75) is 39.2 Å². The average Bonchev–Trinajstić information content (AvgIpc) is 2.36. The molecule has 1 aliphatic rings. The van der Waals surface area contributed by atoms with Crippen molar-refractivity contribution in [2.75, 3.05) is 25.0 Å². The van der Waals surface area contributed by atoms with Crippen LogP contribution in [0.1, 0.15) is 30.9 Å². The summed E-state index contributed by atoms with van der Waals surface area (Å²) >= 11 is 0. The Hall–Kier alpha value is -1.39. The molecule has 4 nitrogen and oxygen atoms in total. The number of aryl methyl sites for hydroxylation is 2. The molecule has 0 aliphatic carbocycles. The molecule has 0 atom stereocenters. The van der Waals surface area contributed by atoms with Crippen LogP contribution in [0.25, 0.3) is 0 Å². The van der Waals surface area contributed by atoms with Gasteiger partial charge in [0.25, 0.3) is 0 Å². The number of carbonyl (C=O) groups is 1. The van der Waals surface area contributed by atoms with E-state index >= 15 is 0 Å². The predicted molar refractivity (Wildman–Crippen MR) is 80.8 cm³/mol. The Morgan fingerprint density at radius 3 is 2.65 bits per heavy atom. The molecule has 110 valence electrons. The van der Waals surface area contributed by atoms with Crippen LogP contribution in [0.15, 0.2) is 18.2 Å². The number of anilines is 1. The van der Waals surface area contributed by atoms with Crippen LogP contribution in [0.5, 0.6) is 0 Å². The number of amides is 1. The Kier molecular flexibility index (Phi) is 4.45. The zero-order valence-electron chi connectivity index (χ0n) is 12.6. The summed E-state index contributed by atoms with van der Waals surface area (Å²) in [7, 11) is 0. The molecular formula is C16H24N2O2. The van der Waals surface area contributed by atoms with Gasteiger partial charge in [0.1, 0.15) is 0 Å². The molecule has 2 rings (SSSR count). The van der Waals surface area contributed by atoms with E-state index in [9.17, 15) is 9.90 Å². The highest BCUT2D eigenvalue weighted by Gasteiger charge is 2.27. The van der Waals surface area contributed by atoms with Gasteiger partial charge in [0.05, 0.1) is 12.1 Å². The number of nitrogens with one attached hydrogen (secondary N) is 1. The number of hydrogen-bond donors (Lipinski definition) is 2. The second kappa shape index (κ2) is 5.94. The van der Waals surface area contributed by atoms with Crippen LogP contribution in [0, 0.1) is 13.8 Å². The maximum absolute atomic E-state index is 12.1. The van der Waals surface area contributed by atoms with Crippen LogP contribution >= 0.6 is 0 Å². The minimum absolute atomic E-state index is 0.0141. The van der Waals surface area contributed by atoms with E-state index in [1.165, 1.54) is 0 Å². The van der Waals surface area contributed by atoms with Gasteiger partial charge in [-0.15, -0.1) is 0 Å². The Morgan fingerprint density at radius 1 is 1.35 bits per heavy atom. The number of carbonyl (C=O) groups excluding carboxylic acids is 1. The standard InChI is InChI=1S/C16H24N2O2/c1-12-4-5-13(2)14(10-12)17-15(19)11-18-8-6-16(3,20)7-9-18/h4-5,10,20H,6-9,11H2,1-3H3,(H,17,19). The van der Waals surface area contributed by atoms with E-state index in [0.717, 1.165) is 42.7 Å². The summed E-state index contributed by atoms with van der Waals surface area (Å²) in [5, 5.41) is 12.9. The van der Waals surface area contributed by atoms with Crippen molar-refractivity contribution in [2.24, 2.45) is 0 Å². The molecule has 1 saturated heterocycles. The molecule has 1 fully saturated rings. The first-order valence-corrected chi connectivity index (χ1v) is 7.18. The number of nitrogens with zero attached hydrogens (tertiary/aromatic N) is 1. The molecular weight excluding hydrogens is 252 g/mol. The second-order valence-corrected chi connectivity index (χ2v) is 6.14. The fourth-order valence-corrected chi connectivity index (χ4v) is 2.46. The Balaban J connectivity index is 1.88. The van der Waals surface area contributed by atoms with E-state index in [0.29, 0.717) is 6.54 Å².